The first-order valence-corrected chi connectivity index (χ1v) is 8.76. The Morgan fingerprint density at radius 1 is 1.36 bits per heavy atom. The van der Waals surface area contributed by atoms with E-state index in [1.54, 1.807) is 33.8 Å². The van der Waals surface area contributed by atoms with E-state index in [1.165, 1.54) is 4.90 Å². The molecule has 25 heavy (non-hydrogen) atoms. The van der Waals surface area contributed by atoms with Crippen LogP contribution in [0, 0.1) is 5.92 Å². The van der Waals surface area contributed by atoms with Crippen molar-refractivity contribution in [2.75, 3.05) is 13.2 Å². The van der Waals surface area contributed by atoms with Crippen LogP contribution in [0.5, 0.6) is 0 Å². The highest BCUT2D eigenvalue weighted by Crippen LogP contribution is 2.45. The molecule has 1 unspecified atom stereocenters. The first-order valence-electron chi connectivity index (χ1n) is 8.76. The minimum absolute atomic E-state index is 0.146. The molecular weight excluding hydrogens is 324 g/mol. The molecule has 1 saturated heterocycles. The number of hydrogen-bond acceptors (Lipinski definition) is 5. The lowest BCUT2D eigenvalue weighted by Crippen LogP contribution is -2.53. The van der Waals surface area contributed by atoms with Gasteiger partial charge in [-0.15, -0.1) is 6.58 Å². The molecule has 1 N–H and O–H groups in total. The van der Waals surface area contributed by atoms with Crippen LogP contribution in [-0.4, -0.2) is 53.2 Å². The maximum absolute atomic E-state index is 12.7. The van der Waals surface area contributed by atoms with Crippen LogP contribution >= 0.6 is 0 Å². The number of likely N-dealkylation sites (tertiary alicyclic amines) is 1. The minimum atomic E-state index is -1.04. The molecule has 0 bridgehead atoms. The first-order chi connectivity index (χ1) is 11.6. The molecule has 1 heterocycles. The predicted molar refractivity (Wildman–Crippen MR) is 91.8 cm³/mol. The van der Waals surface area contributed by atoms with Crippen LogP contribution in [0.15, 0.2) is 12.7 Å². The van der Waals surface area contributed by atoms with E-state index in [0.29, 0.717) is 25.8 Å². The number of carbonyl (C=O) groups is 3. The van der Waals surface area contributed by atoms with E-state index in [4.69, 9.17) is 9.47 Å². The molecule has 0 aromatic heterocycles. The van der Waals surface area contributed by atoms with Gasteiger partial charge >= 0.3 is 12.1 Å². The second-order valence-electron chi connectivity index (χ2n) is 7.56. The van der Waals surface area contributed by atoms with E-state index in [2.05, 4.69) is 11.9 Å². The van der Waals surface area contributed by atoms with Gasteiger partial charge < -0.3 is 14.8 Å². The number of amides is 2. The van der Waals surface area contributed by atoms with Gasteiger partial charge in [-0.1, -0.05) is 6.08 Å². The van der Waals surface area contributed by atoms with E-state index < -0.39 is 29.2 Å². The predicted octanol–water partition coefficient (Wildman–Crippen LogP) is 2.01. The zero-order valence-corrected chi connectivity index (χ0v) is 15.5. The SMILES string of the molecule is C=CC1C[C@]1(NC(=O)[C@@H]1CCCN1C(=O)OC(C)(C)C)C(=O)OCC. The van der Waals surface area contributed by atoms with Gasteiger partial charge in [0, 0.05) is 12.5 Å². The van der Waals surface area contributed by atoms with Gasteiger partial charge in [0.25, 0.3) is 0 Å². The smallest absolute Gasteiger partial charge is 0.410 e. The number of nitrogens with zero attached hydrogens (tertiary/aromatic N) is 1. The molecule has 2 rings (SSSR count). The zero-order valence-electron chi connectivity index (χ0n) is 15.5. The van der Waals surface area contributed by atoms with E-state index in [-0.39, 0.29) is 18.4 Å². The normalized spacial score (nSPS) is 28.2. The molecule has 1 aliphatic carbocycles. The summed E-state index contributed by atoms with van der Waals surface area (Å²) in [6, 6.07) is -0.632. The molecular formula is C18H28N2O5. The second kappa shape index (κ2) is 7.06. The second-order valence-corrected chi connectivity index (χ2v) is 7.56. The Morgan fingerprint density at radius 3 is 2.56 bits per heavy atom. The molecule has 2 amide bonds. The van der Waals surface area contributed by atoms with E-state index in [0.717, 1.165) is 0 Å². The van der Waals surface area contributed by atoms with Crippen LogP contribution in [0.4, 0.5) is 4.79 Å². The number of ether oxygens (including phenoxy) is 2. The minimum Gasteiger partial charge on any atom is -0.464 e. The first kappa shape index (κ1) is 19.3. The number of hydrogen-bond donors (Lipinski definition) is 1. The Morgan fingerprint density at radius 2 is 2.04 bits per heavy atom. The summed E-state index contributed by atoms with van der Waals surface area (Å²) in [6.45, 7) is 11.5. The van der Waals surface area contributed by atoms with Crippen molar-refractivity contribution in [2.45, 2.75) is 64.1 Å². The van der Waals surface area contributed by atoms with Gasteiger partial charge in [0.05, 0.1) is 6.61 Å². The fourth-order valence-electron chi connectivity index (χ4n) is 3.14. The van der Waals surface area contributed by atoms with Gasteiger partial charge in [-0.05, 0) is 47.0 Å². The fourth-order valence-corrected chi connectivity index (χ4v) is 3.14. The highest BCUT2D eigenvalue weighted by Gasteiger charge is 2.61. The maximum atomic E-state index is 12.7. The standard InChI is InChI=1S/C18H28N2O5/c1-6-12-11-18(12,15(22)24-7-2)19-14(21)13-9-8-10-20(13)16(23)25-17(3,4)5/h6,12-13H,1,7-11H2,2-5H3,(H,19,21)/t12?,13-,18+/m0/s1. The lowest BCUT2D eigenvalue weighted by molar-refractivity contribution is -0.149. The van der Waals surface area contributed by atoms with Gasteiger partial charge in [0.1, 0.15) is 17.2 Å². The molecule has 140 valence electrons. The molecule has 3 atom stereocenters. The maximum Gasteiger partial charge on any atom is 0.410 e. The summed E-state index contributed by atoms with van der Waals surface area (Å²) >= 11 is 0. The van der Waals surface area contributed by atoms with Crippen LogP contribution in [0.1, 0.15) is 47.0 Å². The van der Waals surface area contributed by atoms with Crippen molar-refractivity contribution >= 4 is 18.0 Å². The number of esters is 1. The summed E-state index contributed by atoms with van der Waals surface area (Å²) in [5.74, 6) is -0.942. The molecule has 1 aliphatic heterocycles. The van der Waals surface area contributed by atoms with Gasteiger partial charge in [-0.3, -0.25) is 9.69 Å². The molecule has 2 aliphatic rings. The van der Waals surface area contributed by atoms with Crippen molar-refractivity contribution in [1.82, 2.24) is 10.2 Å². The monoisotopic (exact) mass is 352 g/mol. The summed E-state index contributed by atoms with van der Waals surface area (Å²) in [6.07, 6.45) is 2.88. The van der Waals surface area contributed by atoms with Crippen molar-refractivity contribution < 1.29 is 23.9 Å². The van der Waals surface area contributed by atoms with Gasteiger partial charge in [0.15, 0.2) is 0 Å². The molecule has 7 nitrogen and oxygen atoms in total. The van der Waals surface area contributed by atoms with Gasteiger partial charge in [-0.25, -0.2) is 9.59 Å². The molecule has 0 radical (unpaired) electrons. The van der Waals surface area contributed by atoms with Gasteiger partial charge in [0.2, 0.25) is 5.91 Å². The average Bonchev–Trinajstić information content (AvgIpc) is 3.00. The van der Waals surface area contributed by atoms with Crippen LogP contribution in [0.25, 0.3) is 0 Å². The summed E-state index contributed by atoms with van der Waals surface area (Å²) in [4.78, 5) is 38.8. The number of rotatable bonds is 5. The summed E-state index contributed by atoms with van der Waals surface area (Å²) in [5.41, 5.74) is -1.67. The molecule has 0 spiro atoms. The Hall–Kier alpha value is -2.05. The topological polar surface area (TPSA) is 84.9 Å². The van der Waals surface area contributed by atoms with Crippen LogP contribution in [-0.2, 0) is 19.1 Å². The molecule has 7 heteroatoms. The Bertz CT molecular complexity index is 568. The van der Waals surface area contributed by atoms with Crippen molar-refractivity contribution in [2.24, 2.45) is 5.92 Å². The van der Waals surface area contributed by atoms with Crippen LogP contribution < -0.4 is 5.32 Å². The Balaban J connectivity index is 2.07. The number of nitrogens with one attached hydrogen (secondary N) is 1. The van der Waals surface area contributed by atoms with E-state index in [9.17, 15) is 14.4 Å². The lowest BCUT2D eigenvalue weighted by atomic mass is 10.1. The Labute approximate surface area is 148 Å². The summed E-state index contributed by atoms with van der Waals surface area (Å²) < 4.78 is 10.5. The van der Waals surface area contributed by atoms with Gasteiger partial charge in [-0.2, -0.15) is 0 Å². The molecule has 1 saturated carbocycles. The van der Waals surface area contributed by atoms with Crippen LogP contribution in [0.2, 0.25) is 0 Å². The summed E-state index contributed by atoms with van der Waals surface area (Å²) in [5, 5.41) is 2.81. The van der Waals surface area contributed by atoms with Crippen molar-refractivity contribution in [3.63, 3.8) is 0 Å². The fraction of sp³-hybridized carbons (Fsp3) is 0.722. The Kier molecular flexibility index (Phi) is 5.44. The third kappa shape index (κ3) is 4.14. The average molecular weight is 352 g/mol. The highest BCUT2D eigenvalue weighted by molar-refractivity contribution is 5.94. The van der Waals surface area contributed by atoms with Crippen LogP contribution in [0.3, 0.4) is 0 Å². The van der Waals surface area contributed by atoms with Crippen molar-refractivity contribution in [1.29, 1.82) is 0 Å². The largest absolute Gasteiger partial charge is 0.464 e. The quantitative estimate of drug-likeness (QED) is 0.604. The molecule has 2 fully saturated rings. The number of carbonyl (C=O) groups excluding carboxylic acids is 3. The van der Waals surface area contributed by atoms with Crippen molar-refractivity contribution in [3.05, 3.63) is 12.7 Å². The third-order valence-corrected chi connectivity index (χ3v) is 4.47. The lowest BCUT2D eigenvalue weighted by Gasteiger charge is -2.29. The van der Waals surface area contributed by atoms with E-state index in [1.807, 2.05) is 0 Å². The third-order valence-electron chi connectivity index (χ3n) is 4.47. The zero-order chi connectivity index (χ0) is 18.8. The highest BCUT2D eigenvalue weighted by atomic mass is 16.6. The molecule has 0 aromatic carbocycles. The van der Waals surface area contributed by atoms with E-state index >= 15 is 0 Å². The summed E-state index contributed by atoms with van der Waals surface area (Å²) in [7, 11) is 0. The molecule has 0 aromatic rings. The van der Waals surface area contributed by atoms with Crippen molar-refractivity contribution in [3.8, 4) is 0 Å².